The number of rotatable bonds is 5. The Morgan fingerprint density at radius 2 is 2.10 bits per heavy atom. The molecule has 1 saturated carbocycles. The molecule has 3 nitrogen and oxygen atoms in total. The molecule has 5 heteroatoms. The first-order valence-corrected chi connectivity index (χ1v) is 8.57. The van der Waals surface area contributed by atoms with E-state index in [1.54, 1.807) is 17.8 Å². The van der Waals surface area contributed by atoms with Crippen molar-refractivity contribution < 1.29 is 9.21 Å². The first-order chi connectivity index (χ1) is 10.1. The number of nitrogens with one attached hydrogen (secondary N) is 1. The third-order valence-electron chi connectivity index (χ3n) is 3.66. The van der Waals surface area contributed by atoms with E-state index in [-0.39, 0.29) is 11.4 Å². The van der Waals surface area contributed by atoms with E-state index in [1.165, 1.54) is 0 Å². The lowest BCUT2D eigenvalue weighted by Gasteiger charge is -2.18. The van der Waals surface area contributed by atoms with E-state index >= 15 is 0 Å². The summed E-state index contributed by atoms with van der Waals surface area (Å²) in [6.07, 6.45) is 3.81. The van der Waals surface area contributed by atoms with Gasteiger partial charge in [-0.15, -0.1) is 0 Å². The third kappa shape index (κ3) is 2.97. The maximum atomic E-state index is 12.3. The standard InChI is InChI=1S/C16H16ClNO2S/c1-21-10-11-6-7-14(20-11)15(19)18-16(8-9-16)12-4-2-3-5-13(12)17/h2-7H,8-10H2,1H3,(H,18,19). The van der Waals surface area contributed by atoms with Gasteiger partial charge in [0.15, 0.2) is 5.76 Å². The second-order valence-corrected chi connectivity index (χ2v) is 6.49. The maximum Gasteiger partial charge on any atom is 0.287 e. The molecule has 0 aliphatic heterocycles. The molecular weight excluding hydrogens is 306 g/mol. The van der Waals surface area contributed by atoms with Crippen molar-refractivity contribution in [1.29, 1.82) is 0 Å². The van der Waals surface area contributed by atoms with Gasteiger partial charge in [0.1, 0.15) is 5.76 Å². The number of amides is 1. The first kappa shape index (κ1) is 14.5. The summed E-state index contributed by atoms with van der Waals surface area (Å²) in [5.41, 5.74) is 0.651. The highest BCUT2D eigenvalue weighted by molar-refractivity contribution is 7.97. The van der Waals surface area contributed by atoms with E-state index in [0.717, 1.165) is 29.9 Å². The molecule has 0 saturated heterocycles. The molecule has 1 N–H and O–H groups in total. The van der Waals surface area contributed by atoms with Crippen LogP contribution in [0.1, 0.15) is 34.7 Å². The Labute approximate surface area is 133 Å². The smallest absolute Gasteiger partial charge is 0.287 e. The summed E-state index contributed by atoms with van der Waals surface area (Å²) in [5, 5.41) is 3.76. The van der Waals surface area contributed by atoms with Crippen molar-refractivity contribution in [2.24, 2.45) is 0 Å². The minimum Gasteiger partial charge on any atom is -0.455 e. The van der Waals surface area contributed by atoms with Gasteiger partial charge in [0.05, 0.1) is 11.3 Å². The summed E-state index contributed by atoms with van der Waals surface area (Å²) in [6, 6.07) is 11.2. The van der Waals surface area contributed by atoms with Crippen LogP contribution in [0.2, 0.25) is 5.02 Å². The van der Waals surface area contributed by atoms with Crippen LogP contribution < -0.4 is 5.32 Å². The SMILES string of the molecule is CSCc1ccc(C(=O)NC2(c3ccccc3Cl)CC2)o1. The summed E-state index contributed by atoms with van der Waals surface area (Å²) in [5.74, 6) is 1.76. The molecule has 2 aromatic rings. The van der Waals surface area contributed by atoms with Crippen molar-refractivity contribution in [3.8, 4) is 0 Å². The number of benzene rings is 1. The number of hydrogen-bond acceptors (Lipinski definition) is 3. The number of thioether (sulfide) groups is 1. The summed E-state index contributed by atoms with van der Waals surface area (Å²) < 4.78 is 5.56. The fraction of sp³-hybridized carbons (Fsp3) is 0.312. The van der Waals surface area contributed by atoms with Crippen LogP contribution in [0.3, 0.4) is 0 Å². The van der Waals surface area contributed by atoms with Gasteiger partial charge in [0.2, 0.25) is 0 Å². The molecule has 1 aliphatic rings. The lowest BCUT2D eigenvalue weighted by atomic mass is 10.0. The average molecular weight is 322 g/mol. The van der Waals surface area contributed by atoms with Gasteiger partial charge < -0.3 is 9.73 Å². The van der Waals surface area contributed by atoms with Crippen LogP contribution in [0, 0.1) is 0 Å². The summed E-state index contributed by atoms with van der Waals surface area (Å²) >= 11 is 7.91. The molecule has 1 aliphatic carbocycles. The Bertz CT molecular complexity index is 664. The highest BCUT2D eigenvalue weighted by Crippen LogP contribution is 2.48. The largest absolute Gasteiger partial charge is 0.455 e. The Kier molecular flexibility index (Phi) is 4.00. The van der Waals surface area contributed by atoms with Gasteiger partial charge in [-0.25, -0.2) is 0 Å². The number of hydrogen-bond donors (Lipinski definition) is 1. The summed E-state index contributed by atoms with van der Waals surface area (Å²) in [7, 11) is 0. The Hall–Kier alpha value is -1.39. The maximum absolute atomic E-state index is 12.3. The van der Waals surface area contributed by atoms with Gasteiger partial charge in [-0.05, 0) is 42.9 Å². The quantitative estimate of drug-likeness (QED) is 0.896. The van der Waals surface area contributed by atoms with Crippen molar-refractivity contribution in [2.45, 2.75) is 24.1 Å². The minimum absolute atomic E-state index is 0.181. The molecule has 0 radical (unpaired) electrons. The molecule has 1 amide bonds. The highest BCUT2D eigenvalue weighted by Gasteiger charge is 2.47. The number of carbonyl (C=O) groups is 1. The summed E-state index contributed by atoms with van der Waals surface area (Å²) in [6.45, 7) is 0. The van der Waals surface area contributed by atoms with Crippen molar-refractivity contribution in [1.82, 2.24) is 5.32 Å². The van der Waals surface area contributed by atoms with Gasteiger partial charge in [-0.1, -0.05) is 29.8 Å². The fourth-order valence-corrected chi connectivity index (χ4v) is 3.19. The van der Waals surface area contributed by atoms with Crippen LogP contribution in [-0.4, -0.2) is 12.2 Å². The predicted molar refractivity (Wildman–Crippen MR) is 85.8 cm³/mol. The second-order valence-electron chi connectivity index (χ2n) is 5.22. The van der Waals surface area contributed by atoms with Crippen molar-refractivity contribution in [2.75, 3.05) is 6.26 Å². The number of carbonyl (C=O) groups excluding carboxylic acids is 1. The van der Waals surface area contributed by atoms with Crippen LogP contribution in [0.15, 0.2) is 40.8 Å². The minimum atomic E-state index is -0.331. The molecule has 0 unspecified atom stereocenters. The zero-order valence-corrected chi connectivity index (χ0v) is 13.3. The lowest BCUT2D eigenvalue weighted by Crippen LogP contribution is -2.34. The highest BCUT2D eigenvalue weighted by atomic mass is 35.5. The van der Waals surface area contributed by atoms with E-state index in [9.17, 15) is 4.79 Å². The van der Waals surface area contributed by atoms with Gasteiger partial charge in [0, 0.05) is 5.02 Å². The Morgan fingerprint density at radius 1 is 1.33 bits per heavy atom. The molecule has 0 spiro atoms. The van der Waals surface area contributed by atoms with Crippen LogP contribution in [-0.2, 0) is 11.3 Å². The van der Waals surface area contributed by atoms with E-state index < -0.39 is 0 Å². The molecule has 0 bridgehead atoms. The molecule has 1 heterocycles. The van der Waals surface area contributed by atoms with Gasteiger partial charge in [-0.2, -0.15) is 11.8 Å². The van der Waals surface area contributed by atoms with Crippen molar-refractivity contribution in [3.05, 3.63) is 58.5 Å². The lowest BCUT2D eigenvalue weighted by molar-refractivity contribution is 0.0901. The second kappa shape index (κ2) is 5.78. The van der Waals surface area contributed by atoms with Crippen LogP contribution >= 0.6 is 23.4 Å². The van der Waals surface area contributed by atoms with E-state index in [4.69, 9.17) is 16.0 Å². The molecule has 1 aromatic carbocycles. The van der Waals surface area contributed by atoms with Crippen molar-refractivity contribution >= 4 is 29.3 Å². The van der Waals surface area contributed by atoms with E-state index in [1.807, 2.05) is 36.6 Å². The Morgan fingerprint density at radius 3 is 2.76 bits per heavy atom. The van der Waals surface area contributed by atoms with Gasteiger partial charge >= 0.3 is 0 Å². The molecule has 110 valence electrons. The van der Waals surface area contributed by atoms with Crippen LogP contribution in [0.4, 0.5) is 0 Å². The molecule has 3 rings (SSSR count). The number of furan rings is 1. The Balaban J connectivity index is 1.76. The molecule has 21 heavy (non-hydrogen) atoms. The number of halogens is 1. The van der Waals surface area contributed by atoms with Crippen LogP contribution in [0.5, 0.6) is 0 Å². The predicted octanol–water partition coefficient (Wildman–Crippen LogP) is 4.22. The normalized spacial score (nSPS) is 15.7. The van der Waals surface area contributed by atoms with Crippen LogP contribution in [0.25, 0.3) is 0 Å². The van der Waals surface area contributed by atoms with E-state index in [2.05, 4.69) is 5.32 Å². The zero-order chi connectivity index (χ0) is 14.9. The molecule has 1 fully saturated rings. The molecule has 1 aromatic heterocycles. The third-order valence-corrected chi connectivity index (χ3v) is 4.57. The molecule has 0 atom stereocenters. The zero-order valence-electron chi connectivity index (χ0n) is 11.7. The van der Waals surface area contributed by atoms with Gasteiger partial charge in [-0.3, -0.25) is 4.79 Å². The average Bonchev–Trinajstić information content (AvgIpc) is 3.08. The fourth-order valence-electron chi connectivity index (χ4n) is 2.43. The summed E-state index contributed by atoms with van der Waals surface area (Å²) in [4.78, 5) is 12.3. The van der Waals surface area contributed by atoms with E-state index in [0.29, 0.717) is 10.8 Å². The monoisotopic (exact) mass is 321 g/mol. The first-order valence-electron chi connectivity index (χ1n) is 6.80. The van der Waals surface area contributed by atoms with Crippen molar-refractivity contribution in [3.63, 3.8) is 0 Å². The van der Waals surface area contributed by atoms with Gasteiger partial charge in [0.25, 0.3) is 5.91 Å². The topological polar surface area (TPSA) is 42.2 Å². The molecular formula is C16H16ClNO2S.